The van der Waals surface area contributed by atoms with Gasteiger partial charge in [0.2, 0.25) is 0 Å². The van der Waals surface area contributed by atoms with Gasteiger partial charge in [-0.15, -0.1) is 24.0 Å². The van der Waals surface area contributed by atoms with Crippen LogP contribution in [0.25, 0.3) is 10.9 Å². The monoisotopic (exact) mass is 463 g/mol. The molecule has 0 saturated carbocycles. The molecule has 2 heterocycles. The summed E-state index contributed by atoms with van der Waals surface area (Å²) in [5, 5.41) is 8.06. The molecule has 0 spiro atoms. The van der Waals surface area contributed by atoms with Gasteiger partial charge in [-0.25, -0.2) is 0 Å². The summed E-state index contributed by atoms with van der Waals surface area (Å²) in [6.45, 7) is 3.80. The van der Waals surface area contributed by atoms with Crippen molar-refractivity contribution >= 4 is 40.8 Å². The Bertz CT molecular complexity index is 842. The predicted octanol–water partition coefficient (Wildman–Crippen LogP) is 3.44. The van der Waals surface area contributed by atoms with Gasteiger partial charge in [0.05, 0.1) is 0 Å². The maximum Gasteiger partial charge on any atom is 0.190 e. The van der Waals surface area contributed by atoms with E-state index in [0.717, 1.165) is 37.6 Å². The van der Waals surface area contributed by atoms with Crippen LogP contribution in [0.5, 0.6) is 0 Å². The highest BCUT2D eigenvalue weighted by Crippen LogP contribution is 2.22. The average molecular weight is 463 g/mol. The molecule has 1 aromatic carbocycles. The van der Waals surface area contributed by atoms with Crippen LogP contribution in [0.4, 0.5) is 0 Å². The second kappa shape index (κ2) is 10.2. The highest BCUT2D eigenvalue weighted by molar-refractivity contribution is 14.0. The minimum absolute atomic E-state index is 0. The van der Waals surface area contributed by atoms with Crippen molar-refractivity contribution in [3.63, 3.8) is 0 Å². The van der Waals surface area contributed by atoms with Crippen molar-refractivity contribution < 1.29 is 0 Å². The first-order valence-corrected chi connectivity index (χ1v) is 8.68. The molecule has 5 nitrogen and oxygen atoms in total. The largest absolute Gasteiger partial charge is 0.361 e. The lowest BCUT2D eigenvalue weighted by Crippen LogP contribution is -2.39. The van der Waals surface area contributed by atoms with E-state index < -0.39 is 0 Å². The van der Waals surface area contributed by atoms with Crippen LogP contribution in [0.2, 0.25) is 0 Å². The smallest absolute Gasteiger partial charge is 0.190 e. The third-order valence-electron chi connectivity index (χ3n) is 4.31. The van der Waals surface area contributed by atoms with E-state index in [4.69, 9.17) is 0 Å². The van der Waals surface area contributed by atoms with E-state index in [1.54, 1.807) is 7.05 Å². The number of nitrogens with one attached hydrogen (secondary N) is 3. The number of aryl methyl sites for hydroxylation is 1. The molecule has 26 heavy (non-hydrogen) atoms. The van der Waals surface area contributed by atoms with Gasteiger partial charge >= 0.3 is 0 Å². The SMILES string of the molecule is CN=C(NCCc1ccccn1)NCCc1c[nH]c2cccc(C)c12.I. The molecule has 138 valence electrons. The molecule has 0 radical (unpaired) electrons. The van der Waals surface area contributed by atoms with E-state index in [0.29, 0.717) is 0 Å². The second-order valence-electron chi connectivity index (χ2n) is 6.06. The summed E-state index contributed by atoms with van der Waals surface area (Å²) in [6.07, 6.45) is 5.76. The first-order valence-electron chi connectivity index (χ1n) is 8.68. The van der Waals surface area contributed by atoms with Gasteiger partial charge in [0.15, 0.2) is 5.96 Å². The predicted molar refractivity (Wildman–Crippen MR) is 119 cm³/mol. The Balaban J connectivity index is 0.00000243. The number of guanidine groups is 1. The molecule has 6 heteroatoms. The molecular formula is C20H26IN5. The molecule has 3 rings (SSSR count). The highest BCUT2D eigenvalue weighted by atomic mass is 127. The molecule has 0 bridgehead atoms. The molecule has 0 amide bonds. The Hall–Kier alpha value is -2.09. The zero-order valence-electron chi connectivity index (χ0n) is 15.2. The second-order valence-corrected chi connectivity index (χ2v) is 6.06. The van der Waals surface area contributed by atoms with Crippen LogP contribution >= 0.6 is 24.0 Å². The zero-order valence-corrected chi connectivity index (χ0v) is 17.6. The maximum atomic E-state index is 4.33. The number of benzene rings is 1. The number of fused-ring (bicyclic) bond motifs is 1. The summed E-state index contributed by atoms with van der Waals surface area (Å²) < 4.78 is 0. The Morgan fingerprint density at radius 2 is 1.88 bits per heavy atom. The topological polar surface area (TPSA) is 65.1 Å². The van der Waals surface area contributed by atoms with Gasteiger partial charge in [-0.3, -0.25) is 9.98 Å². The fourth-order valence-corrected chi connectivity index (χ4v) is 3.04. The standard InChI is InChI=1S/C20H25N5.HI/c1-15-6-5-8-18-19(15)16(14-25-18)9-12-23-20(21-2)24-13-10-17-7-3-4-11-22-17;/h3-8,11,14,25H,9-10,12-13H2,1-2H3,(H2,21,23,24);1H. The van der Waals surface area contributed by atoms with Gasteiger partial charge in [0.25, 0.3) is 0 Å². The van der Waals surface area contributed by atoms with Crippen LogP contribution in [0, 0.1) is 6.92 Å². The molecule has 3 aromatic rings. The lowest BCUT2D eigenvalue weighted by Gasteiger charge is -2.11. The number of hydrogen-bond acceptors (Lipinski definition) is 2. The van der Waals surface area contributed by atoms with E-state index in [1.165, 1.54) is 22.0 Å². The van der Waals surface area contributed by atoms with E-state index in [1.807, 2.05) is 24.4 Å². The molecule has 0 aliphatic heterocycles. The lowest BCUT2D eigenvalue weighted by atomic mass is 10.1. The number of pyridine rings is 1. The number of aliphatic imine (C=N–C) groups is 1. The highest BCUT2D eigenvalue weighted by Gasteiger charge is 2.06. The van der Waals surface area contributed by atoms with Crippen LogP contribution in [0.1, 0.15) is 16.8 Å². The Kier molecular flexibility index (Phi) is 7.90. The van der Waals surface area contributed by atoms with Gasteiger partial charge in [-0.2, -0.15) is 0 Å². The summed E-state index contributed by atoms with van der Waals surface area (Å²) in [6, 6.07) is 12.4. The summed E-state index contributed by atoms with van der Waals surface area (Å²) >= 11 is 0. The summed E-state index contributed by atoms with van der Waals surface area (Å²) in [5.41, 5.74) is 4.93. The van der Waals surface area contributed by atoms with Gasteiger partial charge in [0, 0.05) is 55.5 Å². The number of halogens is 1. The fraction of sp³-hybridized carbons (Fsp3) is 0.300. The van der Waals surface area contributed by atoms with Crippen molar-refractivity contribution in [2.75, 3.05) is 20.1 Å². The van der Waals surface area contributed by atoms with Gasteiger partial charge in [-0.1, -0.05) is 18.2 Å². The third kappa shape index (κ3) is 5.20. The van der Waals surface area contributed by atoms with Crippen molar-refractivity contribution in [2.24, 2.45) is 4.99 Å². The molecule has 0 atom stereocenters. The zero-order chi connectivity index (χ0) is 17.5. The number of H-pyrrole nitrogens is 1. The molecule has 3 N–H and O–H groups in total. The lowest BCUT2D eigenvalue weighted by molar-refractivity contribution is 0.777. The number of aromatic amines is 1. The third-order valence-corrected chi connectivity index (χ3v) is 4.31. The maximum absolute atomic E-state index is 4.33. The van der Waals surface area contributed by atoms with Crippen LogP contribution in [0.15, 0.2) is 53.8 Å². The molecule has 0 fully saturated rings. The molecular weight excluding hydrogens is 437 g/mol. The molecule has 0 aliphatic rings. The average Bonchev–Trinajstić information content (AvgIpc) is 3.06. The van der Waals surface area contributed by atoms with Crippen LogP contribution in [-0.4, -0.2) is 36.1 Å². The van der Waals surface area contributed by atoms with E-state index in [-0.39, 0.29) is 24.0 Å². The van der Waals surface area contributed by atoms with Crippen LogP contribution in [0.3, 0.4) is 0 Å². The first kappa shape index (κ1) is 20.2. The number of hydrogen-bond donors (Lipinski definition) is 3. The Morgan fingerprint density at radius 1 is 1.08 bits per heavy atom. The molecule has 0 aliphatic carbocycles. The summed E-state index contributed by atoms with van der Waals surface area (Å²) in [4.78, 5) is 12.0. The summed E-state index contributed by atoms with van der Waals surface area (Å²) in [5.74, 6) is 0.826. The van der Waals surface area contributed by atoms with E-state index in [2.05, 4.69) is 56.9 Å². The van der Waals surface area contributed by atoms with E-state index >= 15 is 0 Å². The number of nitrogens with zero attached hydrogens (tertiary/aromatic N) is 2. The van der Waals surface area contributed by atoms with Crippen LogP contribution < -0.4 is 10.6 Å². The van der Waals surface area contributed by atoms with Crippen molar-refractivity contribution in [1.82, 2.24) is 20.6 Å². The minimum Gasteiger partial charge on any atom is -0.361 e. The van der Waals surface area contributed by atoms with Crippen molar-refractivity contribution in [1.29, 1.82) is 0 Å². The Labute approximate surface area is 171 Å². The van der Waals surface area contributed by atoms with Gasteiger partial charge in [0.1, 0.15) is 0 Å². The van der Waals surface area contributed by atoms with E-state index in [9.17, 15) is 0 Å². The normalized spacial score (nSPS) is 11.2. The molecule has 0 unspecified atom stereocenters. The molecule has 2 aromatic heterocycles. The van der Waals surface area contributed by atoms with Gasteiger partial charge in [-0.05, 0) is 42.7 Å². The number of rotatable bonds is 6. The fourth-order valence-electron chi connectivity index (χ4n) is 3.04. The Morgan fingerprint density at radius 3 is 2.62 bits per heavy atom. The first-order chi connectivity index (χ1) is 12.3. The van der Waals surface area contributed by atoms with Crippen molar-refractivity contribution in [2.45, 2.75) is 19.8 Å². The van der Waals surface area contributed by atoms with Crippen molar-refractivity contribution in [3.05, 3.63) is 65.6 Å². The quantitative estimate of drug-likeness (QED) is 0.298. The van der Waals surface area contributed by atoms with Crippen LogP contribution in [-0.2, 0) is 12.8 Å². The number of aromatic nitrogens is 2. The molecule has 0 saturated heterocycles. The minimum atomic E-state index is 0. The summed E-state index contributed by atoms with van der Waals surface area (Å²) in [7, 11) is 1.80. The van der Waals surface area contributed by atoms with Crippen molar-refractivity contribution in [3.8, 4) is 0 Å². The van der Waals surface area contributed by atoms with Gasteiger partial charge < -0.3 is 15.6 Å².